The lowest BCUT2D eigenvalue weighted by molar-refractivity contribution is -0.189. The Labute approximate surface area is 206 Å². The highest BCUT2D eigenvalue weighted by Crippen LogP contribution is 2.40. The summed E-state index contributed by atoms with van der Waals surface area (Å²) in [6.45, 7) is 1.55. The van der Waals surface area contributed by atoms with E-state index in [-0.39, 0.29) is 5.82 Å². The molecule has 0 radical (unpaired) electrons. The molecule has 186 valence electrons. The molecule has 1 unspecified atom stereocenters. The van der Waals surface area contributed by atoms with E-state index in [1.54, 1.807) is 49.6 Å². The molecule has 4 rings (SSSR count). The predicted molar refractivity (Wildman–Crippen MR) is 128 cm³/mol. The molecule has 0 amide bonds. The summed E-state index contributed by atoms with van der Waals surface area (Å²) in [6.07, 6.45) is -5.05. The van der Waals surface area contributed by atoms with Crippen LogP contribution < -0.4 is 9.47 Å². The molecule has 0 bridgehead atoms. The smallest absolute Gasteiger partial charge is 0.195 e. The predicted octanol–water partition coefficient (Wildman–Crippen LogP) is 3.28. The molecular weight excluding hydrogens is 475 g/mol. The Bertz CT molecular complexity index is 1180. The number of aliphatic hydroxyl groups excluding tert-OH is 3. The van der Waals surface area contributed by atoms with Crippen LogP contribution in [0.3, 0.4) is 0 Å². The zero-order valence-electron chi connectivity index (χ0n) is 19.3. The summed E-state index contributed by atoms with van der Waals surface area (Å²) in [5, 5.41) is 30.2. The fraction of sp³-hybridized carbons (Fsp3) is 0.346. The molecule has 3 aromatic rings. The molecule has 1 saturated heterocycles. The Morgan fingerprint density at radius 1 is 1.06 bits per heavy atom. The van der Waals surface area contributed by atoms with Crippen LogP contribution in [-0.2, 0) is 16.0 Å². The van der Waals surface area contributed by atoms with E-state index in [1.165, 1.54) is 12.1 Å². The average Bonchev–Trinajstić information content (AvgIpc) is 3.32. The minimum Gasteiger partial charge on any atom is -0.496 e. The Morgan fingerprint density at radius 3 is 2.46 bits per heavy atom. The average molecular weight is 503 g/mol. The van der Waals surface area contributed by atoms with Gasteiger partial charge in [-0.3, -0.25) is 4.79 Å². The van der Waals surface area contributed by atoms with Gasteiger partial charge in [-0.05, 0) is 48.4 Å². The molecule has 0 saturated carbocycles. The zero-order chi connectivity index (χ0) is 25.1. The zero-order valence-corrected chi connectivity index (χ0v) is 20.1. The van der Waals surface area contributed by atoms with Gasteiger partial charge in [-0.1, -0.05) is 12.1 Å². The van der Waals surface area contributed by atoms with Crippen molar-refractivity contribution >= 4 is 17.1 Å². The highest BCUT2D eigenvalue weighted by molar-refractivity contribution is 7.15. The van der Waals surface area contributed by atoms with Gasteiger partial charge in [-0.2, -0.15) is 0 Å². The Kier molecular flexibility index (Phi) is 7.83. The number of carbonyl (C=O) groups excluding carboxylic acids is 1. The van der Waals surface area contributed by atoms with Gasteiger partial charge in [-0.25, -0.2) is 4.39 Å². The highest BCUT2D eigenvalue weighted by Gasteiger charge is 2.44. The van der Waals surface area contributed by atoms with Crippen LogP contribution in [0.4, 0.5) is 4.39 Å². The van der Waals surface area contributed by atoms with E-state index in [2.05, 4.69) is 0 Å². The third-order valence-corrected chi connectivity index (χ3v) is 7.03. The van der Waals surface area contributed by atoms with Gasteiger partial charge in [0.15, 0.2) is 5.78 Å². The number of methoxy groups -OCH3 is 1. The second-order valence-corrected chi connectivity index (χ2v) is 9.32. The van der Waals surface area contributed by atoms with Gasteiger partial charge < -0.3 is 29.5 Å². The topological polar surface area (TPSA) is 105 Å². The summed E-state index contributed by atoms with van der Waals surface area (Å²) < 4.78 is 30.4. The standard InChI is InChI=1S/C26H27FO7S/c1-3-33-20-12-19(32-2)15(10-17-8-9-22(35-17)14-4-6-16(27)7-5-14)11-18(20)26-25(31)24(30)23(29)21(13-28)34-26/h4-9,11-12,21,23,25-26,28-29,31H,3,10,13H2,1-2H3/t21-,23?,25+,26+/m1/s1. The van der Waals surface area contributed by atoms with Gasteiger partial charge in [-0.15, -0.1) is 11.3 Å². The number of ether oxygens (including phenoxy) is 3. The summed E-state index contributed by atoms with van der Waals surface area (Å²) in [5.41, 5.74) is 2.10. The van der Waals surface area contributed by atoms with Gasteiger partial charge in [0.05, 0.1) is 20.3 Å². The third kappa shape index (κ3) is 5.24. The second-order valence-electron chi connectivity index (χ2n) is 8.15. The molecule has 1 aliphatic heterocycles. The van der Waals surface area contributed by atoms with E-state index in [0.717, 1.165) is 20.9 Å². The van der Waals surface area contributed by atoms with E-state index in [1.807, 2.05) is 12.1 Å². The molecular formula is C26H27FO7S. The van der Waals surface area contributed by atoms with Crippen molar-refractivity contribution in [2.75, 3.05) is 20.3 Å². The normalized spacial score (nSPS) is 22.3. The molecule has 0 aliphatic carbocycles. The molecule has 2 aromatic carbocycles. The van der Waals surface area contributed by atoms with E-state index in [0.29, 0.717) is 30.1 Å². The molecule has 7 nitrogen and oxygen atoms in total. The summed E-state index contributed by atoms with van der Waals surface area (Å²) in [4.78, 5) is 14.4. The quantitative estimate of drug-likeness (QED) is 0.434. The maximum Gasteiger partial charge on any atom is 0.195 e. The molecule has 1 aromatic heterocycles. The minimum atomic E-state index is -1.62. The Morgan fingerprint density at radius 2 is 1.80 bits per heavy atom. The van der Waals surface area contributed by atoms with E-state index >= 15 is 0 Å². The van der Waals surface area contributed by atoms with Gasteiger partial charge in [0.1, 0.15) is 41.7 Å². The van der Waals surface area contributed by atoms with Crippen molar-refractivity contribution in [1.29, 1.82) is 0 Å². The summed E-state index contributed by atoms with van der Waals surface area (Å²) >= 11 is 1.56. The second kappa shape index (κ2) is 10.8. The number of hydrogen-bond donors (Lipinski definition) is 3. The monoisotopic (exact) mass is 502 g/mol. The van der Waals surface area contributed by atoms with E-state index < -0.39 is 36.8 Å². The van der Waals surface area contributed by atoms with Crippen molar-refractivity contribution in [3.8, 4) is 21.9 Å². The van der Waals surface area contributed by atoms with E-state index in [9.17, 15) is 24.5 Å². The van der Waals surface area contributed by atoms with Crippen LogP contribution in [0.1, 0.15) is 29.0 Å². The maximum absolute atomic E-state index is 13.3. The van der Waals surface area contributed by atoms with Gasteiger partial charge in [0.2, 0.25) is 0 Å². The van der Waals surface area contributed by atoms with Crippen molar-refractivity contribution < 1.29 is 38.7 Å². The largest absolute Gasteiger partial charge is 0.496 e. The molecule has 35 heavy (non-hydrogen) atoms. The van der Waals surface area contributed by atoms with Crippen molar-refractivity contribution in [3.05, 3.63) is 70.4 Å². The van der Waals surface area contributed by atoms with E-state index in [4.69, 9.17) is 14.2 Å². The lowest BCUT2D eigenvalue weighted by Gasteiger charge is -2.36. The van der Waals surface area contributed by atoms with Crippen LogP contribution in [0.5, 0.6) is 11.5 Å². The van der Waals surface area contributed by atoms with Crippen LogP contribution in [-0.4, -0.2) is 59.7 Å². The number of Topliss-reactive ketones (excluding diaryl/α,β-unsaturated/α-hetero) is 1. The van der Waals surface area contributed by atoms with Gasteiger partial charge >= 0.3 is 0 Å². The number of ketones is 1. The fourth-order valence-electron chi connectivity index (χ4n) is 4.12. The molecule has 3 N–H and O–H groups in total. The van der Waals surface area contributed by atoms with Crippen LogP contribution in [0.2, 0.25) is 0 Å². The number of aliphatic hydroxyl groups is 3. The van der Waals surface area contributed by atoms with Crippen LogP contribution in [0, 0.1) is 5.82 Å². The molecule has 9 heteroatoms. The van der Waals surface area contributed by atoms with Crippen molar-refractivity contribution in [1.82, 2.24) is 0 Å². The van der Waals surface area contributed by atoms with Crippen LogP contribution in [0.25, 0.3) is 10.4 Å². The lowest BCUT2D eigenvalue weighted by atomic mass is 9.90. The molecule has 4 atom stereocenters. The Balaban J connectivity index is 1.70. The van der Waals surface area contributed by atoms with Crippen LogP contribution >= 0.6 is 11.3 Å². The molecule has 1 fully saturated rings. The number of benzene rings is 2. The SMILES string of the molecule is CCOc1cc(OC)c(Cc2ccc(-c3ccc(F)cc3)s2)cc1[C@@H]1O[C@H](CO)C(O)C(=O)[C@@H]1O. The first-order valence-corrected chi connectivity index (χ1v) is 12.0. The van der Waals surface area contributed by atoms with Gasteiger partial charge in [0, 0.05) is 27.8 Å². The molecule has 2 heterocycles. The van der Waals surface area contributed by atoms with Crippen LogP contribution in [0.15, 0.2) is 48.5 Å². The number of hydrogen-bond acceptors (Lipinski definition) is 8. The number of rotatable bonds is 8. The first-order valence-electron chi connectivity index (χ1n) is 11.2. The summed E-state index contributed by atoms with van der Waals surface area (Å²) in [7, 11) is 1.54. The Hall–Kier alpha value is -2.82. The minimum absolute atomic E-state index is 0.293. The van der Waals surface area contributed by atoms with Crippen molar-refractivity contribution in [2.24, 2.45) is 0 Å². The van der Waals surface area contributed by atoms with Crippen molar-refractivity contribution in [2.45, 2.75) is 37.8 Å². The first kappa shape index (κ1) is 25.3. The molecule has 0 spiro atoms. The lowest BCUT2D eigenvalue weighted by Crippen LogP contribution is -2.52. The number of carbonyl (C=O) groups is 1. The molecule has 1 aliphatic rings. The highest BCUT2D eigenvalue weighted by atomic mass is 32.1. The summed E-state index contributed by atoms with van der Waals surface area (Å²) in [6, 6.07) is 13.7. The van der Waals surface area contributed by atoms with Gasteiger partial charge in [0.25, 0.3) is 0 Å². The summed E-state index contributed by atoms with van der Waals surface area (Å²) in [5.74, 6) is -0.179. The first-order chi connectivity index (χ1) is 16.9. The third-order valence-electron chi connectivity index (χ3n) is 5.90. The fourth-order valence-corrected chi connectivity index (χ4v) is 5.15. The maximum atomic E-state index is 13.3. The number of thiophene rings is 1. The number of halogens is 1. The van der Waals surface area contributed by atoms with Crippen molar-refractivity contribution in [3.63, 3.8) is 0 Å².